The van der Waals surface area contributed by atoms with Crippen LogP contribution in [0.5, 0.6) is 5.75 Å². The number of thioether (sulfide) groups is 1. The predicted molar refractivity (Wildman–Crippen MR) is 556 cm³/mol. The number of carbonyl (C=O) groups is 6. The zero-order valence-electron chi connectivity index (χ0n) is 81.3. The molecule has 14 heterocycles. The van der Waals surface area contributed by atoms with Crippen molar-refractivity contribution in [1.82, 2.24) is 95.1 Å². The van der Waals surface area contributed by atoms with E-state index in [4.69, 9.17) is 23.4 Å². The molecule has 0 bridgehead atoms. The van der Waals surface area contributed by atoms with E-state index in [1.165, 1.54) is 43.1 Å². The van der Waals surface area contributed by atoms with Crippen molar-refractivity contribution >= 4 is 137 Å². The van der Waals surface area contributed by atoms with Gasteiger partial charge in [0.2, 0.25) is 29.5 Å². The fourth-order valence-corrected chi connectivity index (χ4v) is 22.0. The lowest BCUT2D eigenvalue weighted by molar-refractivity contribution is -0.138. The van der Waals surface area contributed by atoms with E-state index in [1.807, 2.05) is 135 Å². The van der Waals surface area contributed by atoms with Gasteiger partial charge in [-0.15, -0.1) is 39.5 Å². The van der Waals surface area contributed by atoms with Crippen LogP contribution in [-0.4, -0.2) is 292 Å². The van der Waals surface area contributed by atoms with Crippen molar-refractivity contribution in [3.8, 4) is 72.2 Å². The number of thiazole rings is 2. The first-order valence-corrected chi connectivity index (χ1v) is 51.2. The maximum absolute atomic E-state index is 15.2. The van der Waals surface area contributed by atoms with Crippen LogP contribution >= 0.6 is 34.4 Å². The Bertz CT molecular complexity index is 7370. The second-order valence-electron chi connectivity index (χ2n) is 36.6. The van der Waals surface area contributed by atoms with E-state index in [0.717, 1.165) is 106 Å². The van der Waals surface area contributed by atoms with Gasteiger partial charge in [-0.3, -0.25) is 63.7 Å². The van der Waals surface area contributed by atoms with Crippen LogP contribution in [0.1, 0.15) is 73.4 Å². The predicted octanol–water partition coefficient (Wildman–Crippen LogP) is 16.0. The van der Waals surface area contributed by atoms with Crippen molar-refractivity contribution in [2.45, 2.75) is 73.7 Å². The second kappa shape index (κ2) is 45.1. The molecule has 0 aliphatic carbocycles. The van der Waals surface area contributed by atoms with Crippen molar-refractivity contribution in [3.63, 3.8) is 0 Å². The molecule has 758 valence electrons. The number of rotatable bonds is 30. The highest BCUT2D eigenvalue weighted by molar-refractivity contribution is 8.00. The normalized spacial score (nSPS) is 18.3. The number of piperidine rings is 1. The SMILES string of the molecule is CCNc1nnc(-c2ccc(C3=CCN(C(=O)CN4CC[C@@](SC)(C(=O)Nc5ccc6[nH]nc(-c7ccc(F)cc7)c6c5)C4)CC3)c(F)c2)o1.COCCOc1ccc(-c2n[nH]c3ccc(NC(=O)[C@]4(OC)CCN(CC(=O)N5CCC(c6ncc(-c7ncccn7)s6)CC5)C4)cc23)cc1.CO[C@@]1(C(=O)Nc2ccc3[nH]nc(-c4ccc(F)c(F)c4)c3c2)CCN(CC(=O)N2CC=C(c3ncc(-c4ccccn4)s3)CC2)C1. The number of likely N-dealkylation sites (tertiary alicyclic amines) is 4. The van der Waals surface area contributed by atoms with Crippen LogP contribution in [0.4, 0.5) is 40.6 Å². The number of aromatic nitrogens is 13. The molecule has 0 radical (unpaired) electrons. The van der Waals surface area contributed by atoms with Gasteiger partial charge in [-0.1, -0.05) is 29.4 Å². The molecule has 7 aromatic carbocycles. The number of nitrogens with zero attached hydrogens (tertiary/aromatic N) is 16. The molecule has 0 unspecified atom stereocenters. The fraction of sp³-hybridized carbons (Fsp3) is 0.321. The number of halogens is 4. The summed E-state index contributed by atoms with van der Waals surface area (Å²) >= 11 is 4.71. The minimum Gasteiger partial charge on any atom is -0.491 e. The number of hydrogen-bond acceptors (Lipinski definition) is 28. The zero-order valence-corrected chi connectivity index (χ0v) is 83.7. The molecule has 3 atom stereocenters. The molecule has 7 N–H and O–H groups in total. The molecule has 0 spiro atoms. The smallest absolute Gasteiger partial charge is 0.315 e. The number of hydrogen-bond donors (Lipinski definition) is 7. The van der Waals surface area contributed by atoms with Crippen LogP contribution in [0.15, 0.2) is 211 Å². The van der Waals surface area contributed by atoms with E-state index in [9.17, 15) is 41.9 Å². The average Bonchev–Trinajstić information content (AvgIpc) is 1.66. The number of anilines is 4. The second-order valence-corrected chi connectivity index (χ2v) is 39.9. The topological polar surface area (TPSA) is 396 Å². The molecular weight excluding hydrogens is 1940 g/mol. The number of carbonyl (C=O) groups excluding carboxylic acids is 6. The fourth-order valence-electron chi connectivity index (χ4n) is 19.2. The quantitative estimate of drug-likeness (QED) is 0.0162. The molecule has 0 saturated carbocycles. The molecule has 6 aliphatic heterocycles. The van der Waals surface area contributed by atoms with Crippen molar-refractivity contribution < 1.29 is 69.7 Å². The van der Waals surface area contributed by atoms with E-state index in [0.29, 0.717) is 192 Å². The summed E-state index contributed by atoms with van der Waals surface area (Å²) in [6.45, 7) is 10.2. The Balaban J connectivity index is 0.000000139. The number of amides is 6. The highest BCUT2D eigenvalue weighted by Crippen LogP contribution is 2.42. The number of H-pyrrole nitrogens is 3. The molecule has 8 aromatic heterocycles. The van der Waals surface area contributed by atoms with Gasteiger partial charge in [0, 0.05) is 204 Å². The maximum atomic E-state index is 15.2. The summed E-state index contributed by atoms with van der Waals surface area (Å²) in [7, 11) is 4.70. The molecule has 4 fully saturated rings. The summed E-state index contributed by atoms with van der Waals surface area (Å²) in [4.78, 5) is 117. The van der Waals surface area contributed by atoms with Crippen LogP contribution in [0.3, 0.4) is 0 Å². The summed E-state index contributed by atoms with van der Waals surface area (Å²) in [5.74, 6) is -1.29. The van der Waals surface area contributed by atoms with Crippen LogP contribution in [0, 0.1) is 23.3 Å². The number of nitrogens with one attached hydrogen (secondary N) is 7. The Kier molecular flexibility index (Phi) is 31.0. The zero-order chi connectivity index (χ0) is 102. The highest BCUT2D eigenvalue weighted by atomic mass is 32.2. The lowest BCUT2D eigenvalue weighted by atomic mass is 9.97. The molecular formula is C106H107F4N23O11S3. The first kappa shape index (κ1) is 101. The van der Waals surface area contributed by atoms with Crippen LogP contribution < -0.4 is 26.0 Å². The number of fused-ring (bicyclic) bond motifs is 3. The van der Waals surface area contributed by atoms with Gasteiger partial charge in [0.05, 0.1) is 74.6 Å². The summed E-state index contributed by atoms with van der Waals surface area (Å²) in [5, 5.41) is 46.5. The molecule has 34 nitrogen and oxygen atoms in total. The Hall–Kier alpha value is -14.7. The third kappa shape index (κ3) is 22.8. The van der Waals surface area contributed by atoms with E-state index in [1.54, 1.807) is 109 Å². The van der Waals surface area contributed by atoms with E-state index >= 15 is 4.39 Å². The van der Waals surface area contributed by atoms with Gasteiger partial charge in [0.25, 0.3) is 11.8 Å². The van der Waals surface area contributed by atoms with E-state index in [-0.39, 0.29) is 79.3 Å². The third-order valence-electron chi connectivity index (χ3n) is 27.5. The maximum Gasteiger partial charge on any atom is 0.315 e. The molecule has 147 heavy (non-hydrogen) atoms. The molecule has 15 aromatic rings. The van der Waals surface area contributed by atoms with Gasteiger partial charge in [-0.25, -0.2) is 37.5 Å². The number of benzene rings is 7. The standard InChI is InChI=1S/C36H36F2N8O3S.C36H40N8O5S.C34H31F2N7O3S/c1-3-39-35-44-43-33(49-35)24-6-10-27(29(38)18-24)22-12-15-46(16-13-22)31(47)20-45-17-14-36(21-45,50-2)34(48)40-26-9-11-30-28(19-26)32(42-41-30)23-4-7-25(37)8-5-23;1-47-18-19-49-27-7-4-24(5-8-27)32-28-20-26(6-9-29(28)41-42-32)40-35(46)36(48-2)12-17-43(23-36)22-31(45)44-15-10-25(11-16-44)34-39-21-30(50-34)33-37-13-3-14-38-33;1-46-34(33(45)39-23-6-8-27-24(17-23)31(41-40-27)22-5-7-25(35)26(36)16-22)11-15-42(20-34)19-30(44)43-13-9-21(10-14-43)32-38-18-29(47-32)28-4-2-3-12-37-28/h4-12,18-19H,3,13-17,20-21H2,1-2H3,(H,39,44)(H,40,48)(H,41,42);3-9,13-14,20-21,25H,10-12,15-19,22-23H2,1-2H3,(H,40,46)(H,41,42);2-9,12,16-18H,10-11,13-15,19-20H2,1H3,(H,39,45)(H,40,41)/t2*36-;34-/m000/s1. The van der Waals surface area contributed by atoms with E-state index < -0.39 is 33.4 Å². The average molecular weight is 2050 g/mol. The van der Waals surface area contributed by atoms with Crippen LogP contribution in [-0.2, 0) is 43.0 Å². The van der Waals surface area contributed by atoms with Crippen LogP contribution in [0.2, 0.25) is 0 Å². The van der Waals surface area contributed by atoms with Gasteiger partial charge in [-0.05, 0) is 221 Å². The Morgan fingerprint density at radius 1 is 0.503 bits per heavy atom. The third-order valence-corrected chi connectivity index (χ3v) is 31.1. The van der Waals surface area contributed by atoms with Gasteiger partial charge in [-0.2, -0.15) is 15.3 Å². The largest absolute Gasteiger partial charge is 0.491 e. The van der Waals surface area contributed by atoms with Crippen LogP contribution in [0.25, 0.3) is 110 Å². The Morgan fingerprint density at radius 3 is 1.59 bits per heavy atom. The molecule has 4 saturated heterocycles. The van der Waals surface area contributed by atoms with E-state index in [2.05, 4.69) is 93.1 Å². The van der Waals surface area contributed by atoms with Crippen molar-refractivity contribution in [2.75, 3.05) is 167 Å². The van der Waals surface area contributed by atoms with Gasteiger partial charge >= 0.3 is 6.01 Å². The Morgan fingerprint density at radius 2 is 1.04 bits per heavy atom. The number of methoxy groups -OCH3 is 3. The molecule has 6 aliphatic rings. The summed E-state index contributed by atoms with van der Waals surface area (Å²) < 4.78 is 83.3. The van der Waals surface area contributed by atoms with Crippen molar-refractivity contribution in [3.05, 3.63) is 246 Å². The summed E-state index contributed by atoms with van der Waals surface area (Å²) in [6, 6.07) is 46.6. The van der Waals surface area contributed by atoms with Gasteiger partial charge in [0.15, 0.2) is 28.7 Å². The monoisotopic (exact) mass is 2050 g/mol. The summed E-state index contributed by atoms with van der Waals surface area (Å²) in [6.07, 6.45) is 19.3. The van der Waals surface area contributed by atoms with Crippen molar-refractivity contribution in [1.29, 1.82) is 0 Å². The molecule has 6 amide bonds. The summed E-state index contributed by atoms with van der Waals surface area (Å²) in [5.41, 5.74) is 9.70. The first-order valence-electron chi connectivity index (χ1n) is 48.4. The highest BCUT2D eigenvalue weighted by Gasteiger charge is 2.49. The van der Waals surface area contributed by atoms with Gasteiger partial charge < -0.3 is 59.3 Å². The van der Waals surface area contributed by atoms with Gasteiger partial charge in [0.1, 0.15) is 39.4 Å². The molecule has 41 heteroatoms. The lowest BCUT2D eigenvalue weighted by Crippen LogP contribution is -2.48. The number of ether oxygens (including phenoxy) is 4. The number of pyridine rings is 1. The Labute approximate surface area is 854 Å². The van der Waals surface area contributed by atoms with Crippen molar-refractivity contribution in [2.24, 2.45) is 0 Å². The lowest BCUT2D eigenvalue weighted by Gasteiger charge is -2.32. The number of aromatic amines is 3. The minimum atomic E-state index is -1.14. The first-order chi connectivity index (χ1) is 71.5. The molecule has 21 rings (SSSR count). The minimum absolute atomic E-state index is 0.00362.